The molecule has 1 N–H and O–H groups in total. The highest BCUT2D eigenvalue weighted by Gasteiger charge is 2.23. The summed E-state index contributed by atoms with van der Waals surface area (Å²) in [4.78, 5) is 12.4. The number of hydrogen-bond donors (Lipinski definition) is 1. The lowest BCUT2D eigenvalue weighted by Gasteiger charge is -2.23. The SMILES string of the molecule is CCOc1ccccc1CNC(=O)CN(c1ccc(Cl)cc1Cl)S(C)(=O)=O. The van der Waals surface area contributed by atoms with Gasteiger partial charge in [0.25, 0.3) is 0 Å². The van der Waals surface area contributed by atoms with Gasteiger partial charge in [0.2, 0.25) is 15.9 Å². The summed E-state index contributed by atoms with van der Waals surface area (Å²) in [6.07, 6.45) is 1.01. The molecular weight excluding hydrogens is 411 g/mol. The van der Waals surface area contributed by atoms with Gasteiger partial charge in [-0.05, 0) is 31.2 Å². The molecule has 0 aliphatic carbocycles. The second-order valence-electron chi connectivity index (χ2n) is 5.68. The van der Waals surface area contributed by atoms with E-state index in [-0.39, 0.29) is 17.3 Å². The highest BCUT2D eigenvalue weighted by Crippen LogP contribution is 2.30. The summed E-state index contributed by atoms with van der Waals surface area (Å²) in [6.45, 7) is 2.18. The zero-order valence-corrected chi connectivity index (χ0v) is 17.2. The van der Waals surface area contributed by atoms with Crippen LogP contribution >= 0.6 is 23.2 Å². The number of carbonyl (C=O) groups is 1. The standard InChI is InChI=1S/C18H20Cl2N2O4S/c1-3-26-17-7-5-4-6-13(17)11-21-18(23)12-22(27(2,24)25)16-9-8-14(19)10-15(16)20/h4-10H,3,11-12H2,1-2H3,(H,21,23). The number of hydrogen-bond acceptors (Lipinski definition) is 4. The summed E-state index contributed by atoms with van der Waals surface area (Å²) < 4.78 is 30.8. The van der Waals surface area contributed by atoms with Gasteiger partial charge in [-0.1, -0.05) is 41.4 Å². The van der Waals surface area contributed by atoms with E-state index < -0.39 is 22.5 Å². The lowest BCUT2D eigenvalue weighted by atomic mass is 10.2. The minimum absolute atomic E-state index is 0.141. The first-order valence-corrected chi connectivity index (χ1v) is 10.7. The normalized spacial score (nSPS) is 11.1. The molecular formula is C18H20Cl2N2O4S. The quantitative estimate of drug-likeness (QED) is 0.695. The Hall–Kier alpha value is -1.96. The van der Waals surface area contributed by atoms with Crippen molar-refractivity contribution in [1.29, 1.82) is 0 Å². The highest BCUT2D eigenvalue weighted by atomic mass is 35.5. The number of benzene rings is 2. The molecule has 9 heteroatoms. The van der Waals surface area contributed by atoms with Gasteiger partial charge < -0.3 is 10.1 Å². The predicted molar refractivity (Wildman–Crippen MR) is 108 cm³/mol. The Morgan fingerprint density at radius 3 is 2.52 bits per heavy atom. The number of amides is 1. The van der Waals surface area contributed by atoms with Crippen LogP contribution < -0.4 is 14.4 Å². The third-order valence-electron chi connectivity index (χ3n) is 3.61. The van der Waals surface area contributed by atoms with Crippen LogP contribution in [0, 0.1) is 0 Å². The van der Waals surface area contributed by atoms with E-state index in [0.29, 0.717) is 17.4 Å². The summed E-state index contributed by atoms with van der Waals surface area (Å²) in [5.41, 5.74) is 0.983. The number of halogens is 2. The fraction of sp³-hybridized carbons (Fsp3) is 0.278. The van der Waals surface area contributed by atoms with Gasteiger partial charge in [-0.2, -0.15) is 0 Å². The molecule has 2 aromatic rings. The Labute approximate surface area is 169 Å². The zero-order valence-electron chi connectivity index (χ0n) is 14.9. The first-order chi connectivity index (χ1) is 12.7. The van der Waals surface area contributed by atoms with Crippen LogP contribution in [-0.2, 0) is 21.4 Å². The maximum absolute atomic E-state index is 12.4. The minimum Gasteiger partial charge on any atom is -0.494 e. The van der Waals surface area contributed by atoms with Crippen LogP contribution in [0.5, 0.6) is 5.75 Å². The molecule has 0 aromatic heterocycles. The van der Waals surface area contributed by atoms with Crippen LogP contribution in [0.4, 0.5) is 5.69 Å². The second-order valence-corrected chi connectivity index (χ2v) is 8.43. The molecule has 0 saturated carbocycles. The Balaban J connectivity index is 2.13. The van der Waals surface area contributed by atoms with Gasteiger partial charge in [-0.25, -0.2) is 8.42 Å². The van der Waals surface area contributed by atoms with E-state index in [0.717, 1.165) is 16.1 Å². The molecule has 2 rings (SSSR count). The fourth-order valence-corrected chi connectivity index (χ4v) is 3.82. The molecule has 2 aromatic carbocycles. The zero-order chi connectivity index (χ0) is 20.0. The minimum atomic E-state index is -3.73. The molecule has 0 aliphatic rings. The molecule has 0 unspecified atom stereocenters. The molecule has 0 aliphatic heterocycles. The molecule has 6 nitrogen and oxygen atoms in total. The Morgan fingerprint density at radius 1 is 1.19 bits per heavy atom. The van der Waals surface area contributed by atoms with Crippen LogP contribution in [0.15, 0.2) is 42.5 Å². The molecule has 0 heterocycles. The molecule has 0 bridgehead atoms. The maximum Gasteiger partial charge on any atom is 0.241 e. The number of ether oxygens (including phenoxy) is 1. The van der Waals surface area contributed by atoms with Gasteiger partial charge in [-0.15, -0.1) is 0 Å². The van der Waals surface area contributed by atoms with Crippen molar-refractivity contribution in [3.05, 3.63) is 58.1 Å². The largest absolute Gasteiger partial charge is 0.494 e. The van der Waals surface area contributed by atoms with Crippen molar-refractivity contribution in [2.24, 2.45) is 0 Å². The van der Waals surface area contributed by atoms with Crippen molar-refractivity contribution in [2.75, 3.05) is 23.7 Å². The van der Waals surface area contributed by atoms with E-state index in [9.17, 15) is 13.2 Å². The highest BCUT2D eigenvalue weighted by molar-refractivity contribution is 7.92. The Kier molecular flexibility index (Phi) is 7.35. The van der Waals surface area contributed by atoms with Crippen molar-refractivity contribution in [1.82, 2.24) is 5.32 Å². The number of nitrogens with one attached hydrogen (secondary N) is 1. The van der Waals surface area contributed by atoms with Gasteiger partial charge in [0.15, 0.2) is 0 Å². The number of carbonyl (C=O) groups excluding carboxylic acids is 1. The first kappa shape index (κ1) is 21.3. The van der Waals surface area contributed by atoms with Gasteiger partial charge >= 0.3 is 0 Å². The van der Waals surface area contributed by atoms with E-state index in [1.54, 1.807) is 6.07 Å². The molecule has 0 spiro atoms. The summed E-state index contributed by atoms with van der Waals surface area (Å²) >= 11 is 12.0. The average molecular weight is 431 g/mol. The van der Waals surface area contributed by atoms with Crippen LogP contribution in [0.25, 0.3) is 0 Å². The first-order valence-electron chi connectivity index (χ1n) is 8.12. The molecule has 146 valence electrons. The van der Waals surface area contributed by atoms with E-state index in [1.165, 1.54) is 18.2 Å². The summed E-state index contributed by atoms with van der Waals surface area (Å²) in [5.74, 6) is 0.193. The summed E-state index contributed by atoms with van der Waals surface area (Å²) in [6, 6.07) is 11.7. The monoisotopic (exact) mass is 430 g/mol. The molecule has 0 radical (unpaired) electrons. The summed E-state index contributed by atoms with van der Waals surface area (Å²) in [5, 5.41) is 3.22. The number of anilines is 1. The average Bonchev–Trinajstić information content (AvgIpc) is 2.59. The number of rotatable bonds is 8. The van der Waals surface area contributed by atoms with Gasteiger partial charge in [0.05, 0.1) is 23.6 Å². The van der Waals surface area contributed by atoms with E-state index in [4.69, 9.17) is 27.9 Å². The number of sulfonamides is 1. The van der Waals surface area contributed by atoms with Crippen molar-refractivity contribution in [2.45, 2.75) is 13.5 Å². The lowest BCUT2D eigenvalue weighted by molar-refractivity contribution is -0.119. The molecule has 27 heavy (non-hydrogen) atoms. The smallest absolute Gasteiger partial charge is 0.241 e. The van der Waals surface area contributed by atoms with Crippen LogP contribution in [0.3, 0.4) is 0 Å². The molecule has 0 atom stereocenters. The van der Waals surface area contributed by atoms with E-state index in [2.05, 4.69) is 5.32 Å². The molecule has 1 amide bonds. The summed E-state index contributed by atoms with van der Waals surface area (Å²) in [7, 11) is -3.73. The van der Waals surface area contributed by atoms with Crippen molar-refractivity contribution in [3.8, 4) is 5.75 Å². The maximum atomic E-state index is 12.4. The van der Waals surface area contributed by atoms with Crippen LogP contribution in [0.1, 0.15) is 12.5 Å². The molecule has 0 fully saturated rings. The Morgan fingerprint density at radius 2 is 1.89 bits per heavy atom. The third kappa shape index (κ3) is 6.02. The van der Waals surface area contributed by atoms with Crippen LogP contribution in [0.2, 0.25) is 10.0 Å². The van der Waals surface area contributed by atoms with Crippen molar-refractivity contribution in [3.63, 3.8) is 0 Å². The van der Waals surface area contributed by atoms with Crippen LogP contribution in [-0.4, -0.2) is 33.7 Å². The second kappa shape index (κ2) is 9.30. The van der Waals surface area contributed by atoms with Gasteiger partial charge in [-0.3, -0.25) is 9.10 Å². The third-order valence-corrected chi connectivity index (χ3v) is 5.28. The lowest BCUT2D eigenvalue weighted by Crippen LogP contribution is -2.40. The topological polar surface area (TPSA) is 75.7 Å². The van der Waals surface area contributed by atoms with E-state index >= 15 is 0 Å². The fourth-order valence-electron chi connectivity index (χ4n) is 2.39. The van der Waals surface area contributed by atoms with E-state index in [1.807, 2.05) is 25.1 Å². The van der Waals surface area contributed by atoms with Crippen molar-refractivity contribution >= 4 is 44.8 Å². The predicted octanol–water partition coefficient (Wildman–Crippen LogP) is 3.47. The van der Waals surface area contributed by atoms with Crippen molar-refractivity contribution < 1.29 is 17.9 Å². The number of para-hydroxylation sites is 1. The van der Waals surface area contributed by atoms with Gasteiger partial charge in [0.1, 0.15) is 12.3 Å². The van der Waals surface area contributed by atoms with Gasteiger partial charge in [0, 0.05) is 17.1 Å². The Bertz CT molecular complexity index is 919. The number of nitrogens with zero attached hydrogens (tertiary/aromatic N) is 1. The molecule has 0 saturated heterocycles.